The number of hydrogen-bond acceptors (Lipinski definition) is 3. The van der Waals surface area contributed by atoms with Crippen molar-refractivity contribution in [2.45, 2.75) is 12.5 Å². The van der Waals surface area contributed by atoms with E-state index in [1.54, 1.807) is 11.8 Å². The van der Waals surface area contributed by atoms with Crippen LogP contribution in [0.4, 0.5) is 8.78 Å². The first-order valence-corrected chi connectivity index (χ1v) is 8.51. The van der Waals surface area contributed by atoms with E-state index in [2.05, 4.69) is 15.9 Å². The Labute approximate surface area is 135 Å². The van der Waals surface area contributed by atoms with Crippen LogP contribution in [0.5, 0.6) is 0 Å². The van der Waals surface area contributed by atoms with Crippen LogP contribution in [0.2, 0.25) is 0 Å². The van der Waals surface area contributed by atoms with E-state index < -0.39 is 23.1 Å². The van der Waals surface area contributed by atoms with Gasteiger partial charge in [0.1, 0.15) is 17.2 Å². The largest absolute Gasteiger partial charge is 0.383 e. The first kappa shape index (κ1) is 16.7. The zero-order valence-electron chi connectivity index (χ0n) is 11.6. The normalized spacial score (nSPS) is 18.0. The third-order valence-electron chi connectivity index (χ3n) is 3.36. The number of rotatable bonds is 5. The van der Waals surface area contributed by atoms with E-state index in [4.69, 9.17) is 4.74 Å². The van der Waals surface area contributed by atoms with Gasteiger partial charge in [-0.1, -0.05) is 15.9 Å². The van der Waals surface area contributed by atoms with Crippen molar-refractivity contribution >= 4 is 33.6 Å². The van der Waals surface area contributed by atoms with Crippen molar-refractivity contribution in [1.29, 1.82) is 0 Å². The minimum atomic E-state index is -0.847. The topological polar surface area (TPSA) is 29.5 Å². The van der Waals surface area contributed by atoms with Crippen molar-refractivity contribution < 1.29 is 18.3 Å². The predicted molar refractivity (Wildman–Crippen MR) is 82.7 cm³/mol. The molecule has 1 aliphatic rings. The lowest BCUT2D eigenvalue weighted by Gasteiger charge is -2.28. The molecule has 2 rings (SSSR count). The van der Waals surface area contributed by atoms with Gasteiger partial charge < -0.3 is 9.64 Å². The third kappa shape index (κ3) is 3.96. The van der Waals surface area contributed by atoms with Crippen LogP contribution in [0.1, 0.15) is 16.8 Å². The summed E-state index contributed by atoms with van der Waals surface area (Å²) in [5.41, 5.74) is -0.494. The molecule has 1 amide bonds. The zero-order chi connectivity index (χ0) is 15.4. The van der Waals surface area contributed by atoms with Gasteiger partial charge in [-0.2, -0.15) is 11.8 Å². The van der Waals surface area contributed by atoms with Gasteiger partial charge in [-0.3, -0.25) is 4.79 Å². The van der Waals surface area contributed by atoms with Crippen LogP contribution in [-0.4, -0.2) is 48.6 Å². The minimum absolute atomic E-state index is 0.0000896. The maximum Gasteiger partial charge on any atom is 0.260 e. The fourth-order valence-corrected chi connectivity index (χ4v) is 3.92. The van der Waals surface area contributed by atoms with Gasteiger partial charge >= 0.3 is 0 Å². The van der Waals surface area contributed by atoms with Gasteiger partial charge in [0.15, 0.2) is 0 Å². The quantitative estimate of drug-likeness (QED) is 0.785. The highest BCUT2D eigenvalue weighted by atomic mass is 79.9. The molecule has 1 aromatic rings. The van der Waals surface area contributed by atoms with Crippen molar-refractivity contribution in [3.63, 3.8) is 0 Å². The summed E-state index contributed by atoms with van der Waals surface area (Å²) in [5, 5.41) is 0. The predicted octanol–water partition coefficient (Wildman–Crippen LogP) is 3.32. The van der Waals surface area contributed by atoms with Crippen LogP contribution < -0.4 is 0 Å². The maximum atomic E-state index is 14.0. The number of hydrogen-bond donors (Lipinski definition) is 0. The average molecular weight is 380 g/mol. The zero-order valence-corrected chi connectivity index (χ0v) is 14.0. The molecule has 0 bridgehead atoms. The Hall–Kier alpha value is -0.660. The van der Waals surface area contributed by atoms with Gasteiger partial charge in [-0.15, -0.1) is 0 Å². The molecule has 1 heterocycles. The van der Waals surface area contributed by atoms with E-state index in [-0.39, 0.29) is 10.5 Å². The molecule has 0 radical (unpaired) electrons. The summed E-state index contributed by atoms with van der Waals surface area (Å²) in [7, 11) is 1.53. The van der Waals surface area contributed by atoms with Crippen molar-refractivity contribution in [3.05, 3.63) is 33.8 Å². The molecule has 116 valence electrons. The van der Waals surface area contributed by atoms with Crippen molar-refractivity contribution in [1.82, 2.24) is 4.90 Å². The molecule has 3 nitrogen and oxygen atoms in total. The molecule has 1 saturated heterocycles. The number of amides is 1. The molecule has 1 aliphatic heterocycles. The molecule has 1 unspecified atom stereocenters. The summed E-state index contributed by atoms with van der Waals surface area (Å²) in [6.45, 7) is 0.669. The molecule has 0 N–H and O–H groups in total. The summed E-state index contributed by atoms with van der Waals surface area (Å²) < 4.78 is 33.2. The van der Waals surface area contributed by atoms with Gasteiger partial charge in [-0.25, -0.2) is 8.78 Å². The second-order valence-corrected chi connectivity index (χ2v) is 6.82. The SMILES string of the molecule is COCCN(C(=O)c1c(F)cc(Br)cc1F)C1CCSC1. The Kier molecular flexibility index (Phi) is 6.01. The van der Waals surface area contributed by atoms with Crippen LogP contribution in [0.3, 0.4) is 0 Å². The molecule has 1 aromatic carbocycles. The van der Waals surface area contributed by atoms with E-state index in [0.717, 1.165) is 30.1 Å². The average Bonchev–Trinajstić information content (AvgIpc) is 2.92. The molecule has 1 atom stereocenters. The molecule has 0 saturated carbocycles. The maximum absolute atomic E-state index is 14.0. The number of methoxy groups -OCH3 is 1. The van der Waals surface area contributed by atoms with E-state index in [0.29, 0.717) is 13.2 Å². The fraction of sp³-hybridized carbons (Fsp3) is 0.500. The number of benzene rings is 1. The first-order valence-electron chi connectivity index (χ1n) is 6.56. The number of nitrogens with zero attached hydrogens (tertiary/aromatic N) is 1. The number of thioether (sulfide) groups is 1. The Bertz CT molecular complexity index is 501. The smallest absolute Gasteiger partial charge is 0.260 e. The Morgan fingerprint density at radius 2 is 2.14 bits per heavy atom. The number of carbonyl (C=O) groups excluding carboxylic acids is 1. The second-order valence-electron chi connectivity index (χ2n) is 4.75. The molecular formula is C14H16BrF2NO2S. The van der Waals surface area contributed by atoms with Crippen LogP contribution in [0.25, 0.3) is 0 Å². The lowest BCUT2D eigenvalue weighted by Crippen LogP contribution is -2.43. The third-order valence-corrected chi connectivity index (χ3v) is 4.97. The highest BCUT2D eigenvalue weighted by Gasteiger charge is 2.30. The highest BCUT2D eigenvalue weighted by Crippen LogP contribution is 2.26. The summed E-state index contributed by atoms with van der Waals surface area (Å²) in [6, 6.07) is 2.21. The van der Waals surface area contributed by atoms with Gasteiger partial charge in [0.05, 0.1) is 6.61 Å². The second kappa shape index (κ2) is 7.56. The lowest BCUT2D eigenvalue weighted by molar-refractivity contribution is 0.0615. The fourth-order valence-electron chi connectivity index (χ4n) is 2.30. The van der Waals surface area contributed by atoms with Crippen molar-refractivity contribution in [2.75, 3.05) is 31.8 Å². The molecule has 0 aliphatic carbocycles. The summed E-state index contributed by atoms with van der Waals surface area (Å²) in [4.78, 5) is 14.1. The van der Waals surface area contributed by atoms with Crippen LogP contribution in [0.15, 0.2) is 16.6 Å². The molecule has 0 spiro atoms. The first-order chi connectivity index (χ1) is 10.0. The monoisotopic (exact) mass is 379 g/mol. The number of halogens is 3. The van der Waals surface area contributed by atoms with Crippen molar-refractivity contribution in [3.8, 4) is 0 Å². The molecule has 0 aromatic heterocycles. The van der Waals surface area contributed by atoms with Gasteiger partial charge in [0.2, 0.25) is 0 Å². The molecule has 7 heteroatoms. The van der Waals surface area contributed by atoms with E-state index in [1.807, 2.05) is 0 Å². The summed E-state index contributed by atoms with van der Waals surface area (Å²) >= 11 is 4.75. The van der Waals surface area contributed by atoms with Crippen LogP contribution in [0, 0.1) is 11.6 Å². The van der Waals surface area contributed by atoms with E-state index in [1.165, 1.54) is 12.0 Å². The Balaban J connectivity index is 2.29. The Morgan fingerprint density at radius 1 is 1.48 bits per heavy atom. The Morgan fingerprint density at radius 3 is 2.67 bits per heavy atom. The standard InChI is InChI=1S/C14H16BrF2NO2S/c1-20-4-3-18(10-2-5-21-8-10)14(19)13-11(16)6-9(15)7-12(13)17/h6-7,10H,2-5,8H2,1H3. The van der Waals surface area contributed by atoms with E-state index in [9.17, 15) is 13.6 Å². The van der Waals surface area contributed by atoms with E-state index >= 15 is 0 Å². The van der Waals surface area contributed by atoms with Gasteiger partial charge in [-0.05, 0) is 24.3 Å². The molecule has 21 heavy (non-hydrogen) atoms. The van der Waals surface area contributed by atoms with Gasteiger partial charge in [0.25, 0.3) is 5.91 Å². The summed E-state index contributed by atoms with van der Waals surface area (Å²) in [6.07, 6.45) is 0.833. The van der Waals surface area contributed by atoms with Crippen LogP contribution in [-0.2, 0) is 4.74 Å². The lowest BCUT2D eigenvalue weighted by atomic mass is 10.1. The molecular weight excluding hydrogens is 364 g/mol. The molecule has 1 fully saturated rings. The van der Waals surface area contributed by atoms with Gasteiger partial charge in [0, 0.05) is 29.9 Å². The number of carbonyl (C=O) groups is 1. The van der Waals surface area contributed by atoms with Crippen LogP contribution >= 0.6 is 27.7 Å². The summed E-state index contributed by atoms with van der Waals surface area (Å²) in [5.74, 6) is -0.566. The van der Waals surface area contributed by atoms with Crippen molar-refractivity contribution in [2.24, 2.45) is 0 Å². The highest BCUT2D eigenvalue weighted by molar-refractivity contribution is 9.10. The number of ether oxygens (including phenoxy) is 1. The minimum Gasteiger partial charge on any atom is -0.383 e.